The predicted octanol–water partition coefficient (Wildman–Crippen LogP) is 2.59. The van der Waals surface area contributed by atoms with Crippen molar-refractivity contribution in [1.29, 1.82) is 0 Å². The van der Waals surface area contributed by atoms with Gasteiger partial charge in [0.15, 0.2) is 0 Å². The Bertz CT molecular complexity index is 466. The van der Waals surface area contributed by atoms with E-state index in [0.717, 1.165) is 17.1 Å². The van der Waals surface area contributed by atoms with Crippen molar-refractivity contribution in [3.05, 3.63) is 53.7 Å². The highest BCUT2D eigenvalue weighted by Crippen LogP contribution is 2.20. The Kier molecular flexibility index (Phi) is 3.17. The molecule has 0 amide bonds. The van der Waals surface area contributed by atoms with Crippen molar-refractivity contribution in [1.82, 2.24) is 4.98 Å². The Balaban J connectivity index is 2.28. The zero-order valence-electron chi connectivity index (χ0n) is 9.27. The molecule has 0 fully saturated rings. The summed E-state index contributed by atoms with van der Waals surface area (Å²) in [5.74, 6) is 0.834. The number of hydrogen-bond acceptors (Lipinski definition) is 3. The lowest BCUT2D eigenvalue weighted by atomic mass is 10.1. The smallest absolute Gasteiger partial charge is 0.130 e. The molecule has 3 heteroatoms. The average Bonchev–Trinajstić information content (AvgIpc) is 2.33. The SMILES string of the molecule is Cc1ccc(Nc2ccccn2)c(CN)c1. The maximum Gasteiger partial charge on any atom is 0.130 e. The van der Waals surface area contributed by atoms with Crippen molar-refractivity contribution in [2.75, 3.05) is 5.32 Å². The molecule has 0 aliphatic heterocycles. The molecule has 0 saturated carbocycles. The van der Waals surface area contributed by atoms with Crippen LogP contribution in [0.15, 0.2) is 42.6 Å². The number of benzene rings is 1. The molecular weight excluding hydrogens is 198 g/mol. The van der Waals surface area contributed by atoms with E-state index < -0.39 is 0 Å². The maximum absolute atomic E-state index is 5.71. The molecule has 0 unspecified atom stereocenters. The summed E-state index contributed by atoms with van der Waals surface area (Å²) in [6, 6.07) is 12.0. The van der Waals surface area contributed by atoms with E-state index in [1.165, 1.54) is 5.56 Å². The predicted molar refractivity (Wildman–Crippen MR) is 66.6 cm³/mol. The molecule has 0 spiro atoms. The van der Waals surface area contributed by atoms with Crippen molar-refractivity contribution < 1.29 is 0 Å². The van der Waals surface area contributed by atoms with Gasteiger partial charge in [0.05, 0.1) is 0 Å². The average molecular weight is 213 g/mol. The van der Waals surface area contributed by atoms with E-state index in [2.05, 4.69) is 29.4 Å². The molecule has 0 atom stereocenters. The fraction of sp³-hybridized carbons (Fsp3) is 0.154. The second kappa shape index (κ2) is 4.77. The number of nitrogens with zero attached hydrogens (tertiary/aromatic N) is 1. The van der Waals surface area contributed by atoms with E-state index in [1.807, 2.05) is 24.3 Å². The first-order chi connectivity index (χ1) is 7.79. The van der Waals surface area contributed by atoms with Gasteiger partial charge in [0.25, 0.3) is 0 Å². The van der Waals surface area contributed by atoms with Crippen LogP contribution < -0.4 is 11.1 Å². The minimum atomic E-state index is 0.525. The van der Waals surface area contributed by atoms with Gasteiger partial charge in [-0.2, -0.15) is 0 Å². The second-order valence-electron chi connectivity index (χ2n) is 3.70. The molecule has 0 radical (unpaired) electrons. The number of aryl methyl sites for hydroxylation is 1. The fourth-order valence-electron chi connectivity index (χ4n) is 1.59. The highest BCUT2D eigenvalue weighted by molar-refractivity contribution is 5.61. The third kappa shape index (κ3) is 2.38. The topological polar surface area (TPSA) is 50.9 Å². The lowest BCUT2D eigenvalue weighted by Crippen LogP contribution is -2.03. The van der Waals surface area contributed by atoms with Gasteiger partial charge in [-0.3, -0.25) is 0 Å². The first-order valence-corrected chi connectivity index (χ1v) is 5.27. The van der Waals surface area contributed by atoms with Crippen LogP contribution in [0.25, 0.3) is 0 Å². The first-order valence-electron chi connectivity index (χ1n) is 5.27. The van der Waals surface area contributed by atoms with Crippen LogP contribution in [0.5, 0.6) is 0 Å². The molecular formula is C13H15N3. The summed E-state index contributed by atoms with van der Waals surface area (Å²) in [5.41, 5.74) is 9.05. The lowest BCUT2D eigenvalue weighted by Gasteiger charge is -2.10. The maximum atomic E-state index is 5.71. The second-order valence-corrected chi connectivity index (χ2v) is 3.70. The summed E-state index contributed by atoms with van der Waals surface area (Å²) in [7, 11) is 0. The Labute approximate surface area is 95.3 Å². The van der Waals surface area contributed by atoms with Crippen LogP contribution in [0.2, 0.25) is 0 Å². The molecule has 3 N–H and O–H groups in total. The molecule has 1 aromatic carbocycles. The van der Waals surface area contributed by atoms with Gasteiger partial charge < -0.3 is 11.1 Å². The Hall–Kier alpha value is -1.87. The molecule has 0 aliphatic carbocycles. The van der Waals surface area contributed by atoms with Gasteiger partial charge >= 0.3 is 0 Å². The highest BCUT2D eigenvalue weighted by atomic mass is 15.0. The minimum Gasteiger partial charge on any atom is -0.340 e. The van der Waals surface area contributed by atoms with Gasteiger partial charge in [-0.1, -0.05) is 23.8 Å². The van der Waals surface area contributed by atoms with Gasteiger partial charge in [-0.25, -0.2) is 4.98 Å². The normalized spacial score (nSPS) is 10.1. The first kappa shape index (κ1) is 10.6. The quantitative estimate of drug-likeness (QED) is 0.824. The number of pyridine rings is 1. The van der Waals surface area contributed by atoms with Crippen molar-refractivity contribution in [3.8, 4) is 0 Å². The minimum absolute atomic E-state index is 0.525. The monoisotopic (exact) mass is 213 g/mol. The van der Waals surface area contributed by atoms with Crippen LogP contribution in [0.1, 0.15) is 11.1 Å². The van der Waals surface area contributed by atoms with Gasteiger partial charge in [-0.05, 0) is 30.7 Å². The molecule has 82 valence electrons. The van der Waals surface area contributed by atoms with E-state index in [-0.39, 0.29) is 0 Å². The zero-order chi connectivity index (χ0) is 11.4. The Morgan fingerprint density at radius 2 is 2.12 bits per heavy atom. The van der Waals surface area contributed by atoms with Crippen LogP contribution in [-0.4, -0.2) is 4.98 Å². The van der Waals surface area contributed by atoms with Crippen LogP contribution in [0, 0.1) is 6.92 Å². The summed E-state index contributed by atoms with van der Waals surface area (Å²) in [5, 5.41) is 3.26. The molecule has 0 saturated heterocycles. The fourth-order valence-corrected chi connectivity index (χ4v) is 1.59. The van der Waals surface area contributed by atoms with Crippen molar-refractivity contribution in [2.45, 2.75) is 13.5 Å². The van der Waals surface area contributed by atoms with Gasteiger partial charge in [0, 0.05) is 18.4 Å². The Morgan fingerprint density at radius 1 is 1.25 bits per heavy atom. The molecule has 3 nitrogen and oxygen atoms in total. The van der Waals surface area contributed by atoms with Gasteiger partial charge in [-0.15, -0.1) is 0 Å². The lowest BCUT2D eigenvalue weighted by molar-refractivity contribution is 1.07. The number of hydrogen-bond donors (Lipinski definition) is 2. The van der Waals surface area contributed by atoms with Crippen LogP contribution >= 0.6 is 0 Å². The highest BCUT2D eigenvalue weighted by Gasteiger charge is 2.01. The van der Waals surface area contributed by atoms with E-state index in [1.54, 1.807) is 6.20 Å². The standard InChI is InChI=1S/C13H15N3/c1-10-5-6-12(11(8-10)9-14)16-13-4-2-3-7-15-13/h2-8H,9,14H2,1H3,(H,15,16). The van der Waals surface area contributed by atoms with Gasteiger partial charge in [0.1, 0.15) is 5.82 Å². The van der Waals surface area contributed by atoms with Crippen LogP contribution in [0.4, 0.5) is 11.5 Å². The van der Waals surface area contributed by atoms with Crippen molar-refractivity contribution in [2.24, 2.45) is 5.73 Å². The molecule has 0 bridgehead atoms. The molecule has 2 rings (SSSR count). The van der Waals surface area contributed by atoms with E-state index in [0.29, 0.717) is 6.54 Å². The largest absolute Gasteiger partial charge is 0.340 e. The summed E-state index contributed by atoms with van der Waals surface area (Å²) < 4.78 is 0. The van der Waals surface area contributed by atoms with E-state index in [9.17, 15) is 0 Å². The Morgan fingerprint density at radius 3 is 2.81 bits per heavy atom. The molecule has 1 aromatic heterocycles. The van der Waals surface area contributed by atoms with E-state index >= 15 is 0 Å². The van der Waals surface area contributed by atoms with E-state index in [4.69, 9.17) is 5.73 Å². The molecule has 0 aliphatic rings. The summed E-state index contributed by atoms with van der Waals surface area (Å²) in [6.07, 6.45) is 1.76. The summed E-state index contributed by atoms with van der Waals surface area (Å²) in [4.78, 5) is 4.22. The van der Waals surface area contributed by atoms with Crippen LogP contribution in [-0.2, 0) is 6.54 Å². The number of anilines is 2. The third-order valence-corrected chi connectivity index (χ3v) is 2.41. The number of aromatic nitrogens is 1. The van der Waals surface area contributed by atoms with Crippen LogP contribution in [0.3, 0.4) is 0 Å². The van der Waals surface area contributed by atoms with Crippen molar-refractivity contribution >= 4 is 11.5 Å². The molecule has 2 aromatic rings. The number of nitrogens with two attached hydrogens (primary N) is 1. The number of rotatable bonds is 3. The van der Waals surface area contributed by atoms with Gasteiger partial charge in [0.2, 0.25) is 0 Å². The van der Waals surface area contributed by atoms with Crippen molar-refractivity contribution in [3.63, 3.8) is 0 Å². The third-order valence-electron chi connectivity index (χ3n) is 2.41. The number of nitrogens with one attached hydrogen (secondary N) is 1. The zero-order valence-corrected chi connectivity index (χ0v) is 9.27. The molecule has 1 heterocycles. The summed E-state index contributed by atoms with van der Waals surface area (Å²) in [6.45, 7) is 2.58. The summed E-state index contributed by atoms with van der Waals surface area (Å²) >= 11 is 0. The molecule has 16 heavy (non-hydrogen) atoms.